The lowest BCUT2D eigenvalue weighted by atomic mass is 10.0. The number of halogens is 3. The fourth-order valence-electron chi connectivity index (χ4n) is 1.65. The molecule has 4 heteroatoms. The van der Waals surface area contributed by atoms with Crippen LogP contribution >= 0.6 is 47.8 Å². The van der Waals surface area contributed by atoms with Crippen LogP contribution < -0.4 is 4.74 Å². The molecule has 0 N–H and O–H groups in total. The Hall–Kier alpha value is -0.320. The third-order valence-corrected chi connectivity index (χ3v) is 4.39. The molecule has 0 unspecified atom stereocenters. The van der Waals surface area contributed by atoms with Gasteiger partial charge in [-0.3, -0.25) is 0 Å². The average molecular weight is 421 g/mol. The van der Waals surface area contributed by atoms with Crippen molar-refractivity contribution in [1.29, 1.82) is 0 Å². The van der Waals surface area contributed by atoms with Gasteiger partial charge >= 0.3 is 0 Å². The Morgan fingerprint density at radius 2 is 1.24 bits per heavy atom. The molecule has 0 saturated carbocycles. The van der Waals surface area contributed by atoms with Crippen LogP contribution in [0, 0.1) is 0 Å². The van der Waals surface area contributed by atoms with E-state index in [1.165, 1.54) is 0 Å². The number of hydrogen-bond acceptors (Lipinski definition) is 1. The highest BCUT2D eigenvalue weighted by Crippen LogP contribution is 2.43. The van der Waals surface area contributed by atoms with Crippen LogP contribution in [0.4, 0.5) is 0 Å². The largest absolute Gasteiger partial charge is 0.496 e. The van der Waals surface area contributed by atoms with Gasteiger partial charge in [0, 0.05) is 24.5 Å². The quantitative estimate of drug-likeness (QED) is 0.610. The summed E-state index contributed by atoms with van der Waals surface area (Å²) in [7, 11) is 1.68. The van der Waals surface area contributed by atoms with Gasteiger partial charge in [0.05, 0.1) is 7.11 Å². The zero-order valence-corrected chi connectivity index (χ0v) is 13.8. The first-order valence-electron chi connectivity index (χ1n) is 4.92. The Bertz CT molecular complexity index is 532. The van der Waals surface area contributed by atoms with E-state index in [1.54, 1.807) is 7.11 Å². The van der Waals surface area contributed by atoms with Gasteiger partial charge in [0.15, 0.2) is 0 Å². The second-order valence-corrected chi connectivity index (χ2v) is 5.98. The van der Waals surface area contributed by atoms with Crippen LogP contribution in [-0.4, -0.2) is 7.11 Å². The number of rotatable bonds is 2. The molecule has 2 aromatic carbocycles. The Kier molecular flexibility index (Phi) is 4.28. The third kappa shape index (κ3) is 2.59. The number of ether oxygens (including phenoxy) is 1. The first-order chi connectivity index (χ1) is 8.15. The van der Waals surface area contributed by atoms with E-state index in [-0.39, 0.29) is 0 Å². The molecule has 0 aliphatic heterocycles. The maximum Gasteiger partial charge on any atom is 0.127 e. The summed E-state index contributed by atoms with van der Waals surface area (Å²) >= 11 is 10.7. The first kappa shape index (κ1) is 13.1. The normalized spacial score (nSPS) is 10.4. The van der Waals surface area contributed by atoms with Crippen molar-refractivity contribution < 1.29 is 4.74 Å². The minimum atomic E-state index is 0.840. The van der Waals surface area contributed by atoms with Crippen LogP contribution in [-0.2, 0) is 0 Å². The van der Waals surface area contributed by atoms with E-state index in [4.69, 9.17) is 4.74 Å². The fraction of sp³-hybridized carbons (Fsp3) is 0.0769. The Morgan fingerprint density at radius 1 is 0.765 bits per heavy atom. The highest BCUT2D eigenvalue weighted by atomic mass is 79.9. The Balaban J connectivity index is 2.76. The zero-order valence-electron chi connectivity index (χ0n) is 9.01. The van der Waals surface area contributed by atoms with Crippen molar-refractivity contribution in [2.75, 3.05) is 7.11 Å². The van der Waals surface area contributed by atoms with E-state index in [1.807, 2.05) is 36.4 Å². The Morgan fingerprint density at radius 3 is 1.76 bits per heavy atom. The molecule has 0 spiro atoms. The summed E-state index contributed by atoms with van der Waals surface area (Å²) in [6.07, 6.45) is 0. The number of hydrogen-bond donors (Lipinski definition) is 0. The molecule has 88 valence electrons. The van der Waals surface area contributed by atoms with Crippen molar-refractivity contribution in [3.05, 3.63) is 49.8 Å². The minimum Gasteiger partial charge on any atom is -0.496 e. The summed E-state index contributed by atoms with van der Waals surface area (Å²) in [5.41, 5.74) is 2.12. The topological polar surface area (TPSA) is 9.23 Å². The van der Waals surface area contributed by atoms with E-state index in [2.05, 4.69) is 47.8 Å². The predicted molar refractivity (Wildman–Crippen MR) is 81.5 cm³/mol. The molecule has 1 nitrogen and oxygen atoms in total. The highest BCUT2D eigenvalue weighted by Gasteiger charge is 2.15. The zero-order chi connectivity index (χ0) is 12.4. The van der Waals surface area contributed by atoms with Crippen LogP contribution in [0.25, 0.3) is 11.1 Å². The maximum atomic E-state index is 5.42. The van der Waals surface area contributed by atoms with Gasteiger partial charge in [0.25, 0.3) is 0 Å². The summed E-state index contributed by atoms with van der Waals surface area (Å²) in [5.74, 6) is 0.840. The Labute approximate surface area is 126 Å². The second-order valence-electron chi connectivity index (χ2n) is 3.41. The van der Waals surface area contributed by atoms with Crippen molar-refractivity contribution in [3.8, 4) is 16.9 Å². The van der Waals surface area contributed by atoms with Gasteiger partial charge in [-0.05, 0) is 24.3 Å². The van der Waals surface area contributed by atoms with Gasteiger partial charge in [0.2, 0.25) is 0 Å². The van der Waals surface area contributed by atoms with Crippen molar-refractivity contribution >= 4 is 47.8 Å². The number of benzene rings is 2. The van der Waals surface area contributed by atoms with Gasteiger partial charge in [-0.15, -0.1) is 0 Å². The molecule has 2 rings (SSSR count). The smallest absolute Gasteiger partial charge is 0.127 e. The number of methoxy groups -OCH3 is 1. The van der Waals surface area contributed by atoms with E-state index < -0.39 is 0 Å². The van der Waals surface area contributed by atoms with Crippen molar-refractivity contribution in [3.63, 3.8) is 0 Å². The van der Waals surface area contributed by atoms with Gasteiger partial charge in [-0.25, -0.2) is 0 Å². The average Bonchev–Trinajstić information content (AvgIpc) is 2.30. The molecule has 0 heterocycles. The molecule has 0 aliphatic rings. The first-order valence-corrected chi connectivity index (χ1v) is 7.30. The van der Waals surface area contributed by atoms with E-state index >= 15 is 0 Å². The standard InChI is InChI=1S/C13H9Br3O/c1-17-11-7-3-6-10(16)13(11)12-8(14)4-2-5-9(12)15/h2-7H,1H3. The molecule has 0 fully saturated rings. The SMILES string of the molecule is COc1cccc(Br)c1-c1c(Br)cccc1Br. The fourth-order valence-corrected chi connectivity index (χ4v) is 3.59. The van der Waals surface area contributed by atoms with Crippen LogP contribution in [0.3, 0.4) is 0 Å². The van der Waals surface area contributed by atoms with Crippen molar-refractivity contribution in [2.24, 2.45) is 0 Å². The van der Waals surface area contributed by atoms with Crippen molar-refractivity contribution in [2.45, 2.75) is 0 Å². The lowest BCUT2D eigenvalue weighted by molar-refractivity contribution is 0.416. The van der Waals surface area contributed by atoms with Crippen molar-refractivity contribution in [1.82, 2.24) is 0 Å². The summed E-state index contributed by atoms with van der Waals surface area (Å²) in [5, 5.41) is 0. The molecular formula is C13H9Br3O. The molecule has 17 heavy (non-hydrogen) atoms. The van der Waals surface area contributed by atoms with Crippen LogP contribution in [0.1, 0.15) is 0 Å². The van der Waals surface area contributed by atoms with Gasteiger partial charge < -0.3 is 4.74 Å². The highest BCUT2D eigenvalue weighted by molar-refractivity contribution is 9.11. The molecule has 0 aliphatic carbocycles. The molecule has 0 saturated heterocycles. The summed E-state index contributed by atoms with van der Waals surface area (Å²) in [4.78, 5) is 0. The predicted octanol–water partition coefficient (Wildman–Crippen LogP) is 5.65. The van der Waals surface area contributed by atoms with Crippen LogP contribution in [0.2, 0.25) is 0 Å². The summed E-state index contributed by atoms with van der Waals surface area (Å²) in [6.45, 7) is 0. The van der Waals surface area contributed by atoms with Gasteiger partial charge in [-0.1, -0.05) is 59.9 Å². The minimum absolute atomic E-state index is 0.840. The monoisotopic (exact) mass is 418 g/mol. The van der Waals surface area contributed by atoms with Gasteiger partial charge in [-0.2, -0.15) is 0 Å². The summed E-state index contributed by atoms with van der Waals surface area (Å²) < 4.78 is 8.47. The molecule has 0 bridgehead atoms. The van der Waals surface area contributed by atoms with Crippen LogP contribution in [0.5, 0.6) is 5.75 Å². The van der Waals surface area contributed by atoms with E-state index in [0.717, 1.165) is 30.3 Å². The molecule has 0 aromatic heterocycles. The molecule has 0 radical (unpaired) electrons. The molecule has 0 amide bonds. The van der Waals surface area contributed by atoms with Crippen LogP contribution in [0.15, 0.2) is 49.8 Å². The molecular weight excluding hydrogens is 412 g/mol. The van der Waals surface area contributed by atoms with E-state index in [9.17, 15) is 0 Å². The summed E-state index contributed by atoms with van der Waals surface area (Å²) in [6, 6.07) is 11.9. The molecule has 0 atom stereocenters. The third-order valence-electron chi connectivity index (χ3n) is 2.41. The van der Waals surface area contributed by atoms with Gasteiger partial charge in [0.1, 0.15) is 5.75 Å². The maximum absolute atomic E-state index is 5.42. The lowest BCUT2D eigenvalue weighted by Gasteiger charge is -2.13. The van der Waals surface area contributed by atoms with E-state index in [0.29, 0.717) is 0 Å². The lowest BCUT2D eigenvalue weighted by Crippen LogP contribution is -1.90. The molecule has 2 aromatic rings. The second kappa shape index (κ2) is 5.55.